The van der Waals surface area contributed by atoms with Crippen LogP contribution in [0.25, 0.3) is 10.2 Å². The predicted molar refractivity (Wildman–Crippen MR) is 53.8 cm³/mol. The molecule has 0 spiro atoms. The second-order valence-electron chi connectivity index (χ2n) is 2.55. The number of halogens is 1. The van der Waals surface area contributed by atoms with Crippen molar-refractivity contribution in [2.24, 2.45) is 0 Å². The fourth-order valence-corrected chi connectivity index (χ4v) is 2.16. The molecule has 2 heterocycles. The van der Waals surface area contributed by atoms with Gasteiger partial charge in [0.15, 0.2) is 0 Å². The Morgan fingerprint density at radius 3 is 3.00 bits per heavy atom. The largest absolute Gasteiger partial charge is 0.396 e. The normalized spacial score (nSPS) is 10.8. The summed E-state index contributed by atoms with van der Waals surface area (Å²) in [6.07, 6.45) is 0. The van der Waals surface area contributed by atoms with Gasteiger partial charge in [-0.2, -0.15) is 0 Å². The molecular weight excluding hydrogens is 192 g/mol. The van der Waals surface area contributed by atoms with Crippen LogP contribution in [-0.4, -0.2) is 4.98 Å². The van der Waals surface area contributed by atoms with E-state index in [1.807, 2.05) is 13.0 Å². The maximum absolute atomic E-state index is 5.80. The molecule has 0 aliphatic carbocycles. The second kappa shape index (κ2) is 2.61. The minimum Gasteiger partial charge on any atom is -0.396 e. The van der Waals surface area contributed by atoms with Crippen LogP contribution >= 0.6 is 22.9 Å². The fraction of sp³-hybridized carbons (Fsp3) is 0.125. The zero-order chi connectivity index (χ0) is 8.72. The van der Waals surface area contributed by atoms with Crippen LogP contribution in [0.1, 0.15) is 4.88 Å². The highest BCUT2D eigenvalue weighted by Crippen LogP contribution is 2.31. The molecule has 0 unspecified atom stereocenters. The van der Waals surface area contributed by atoms with Crippen molar-refractivity contribution in [1.82, 2.24) is 4.98 Å². The van der Waals surface area contributed by atoms with Gasteiger partial charge in [0.2, 0.25) is 0 Å². The van der Waals surface area contributed by atoms with Gasteiger partial charge in [-0.1, -0.05) is 11.6 Å². The number of anilines is 1. The Kier molecular flexibility index (Phi) is 1.70. The van der Waals surface area contributed by atoms with Crippen LogP contribution in [0, 0.1) is 6.92 Å². The van der Waals surface area contributed by atoms with E-state index in [9.17, 15) is 0 Å². The molecular formula is C8H7ClN2S. The molecule has 0 fully saturated rings. The first-order chi connectivity index (χ1) is 5.68. The van der Waals surface area contributed by atoms with Crippen molar-refractivity contribution in [2.75, 3.05) is 5.73 Å². The molecule has 0 saturated carbocycles. The van der Waals surface area contributed by atoms with Gasteiger partial charge in [0.1, 0.15) is 10.7 Å². The van der Waals surface area contributed by atoms with E-state index in [0.29, 0.717) is 5.15 Å². The number of hydrogen-bond donors (Lipinski definition) is 1. The molecule has 2 aromatic heterocycles. The van der Waals surface area contributed by atoms with Crippen molar-refractivity contribution in [3.05, 3.63) is 22.2 Å². The van der Waals surface area contributed by atoms with E-state index in [4.69, 9.17) is 17.3 Å². The van der Waals surface area contributed by atoms with Crippen molar-refractivity contribution >= 4 is 38.8 Å². The molecule has 12 heavy (non-hydrogen) atoms. The Labute approximate surface area is 79.0 Å². The van der Waals surface area contributed by atoms with Crippen molar-refractivity contribution in [2.45, 2.75) is 6.92 Å². The Morgan fingerprint density at radius 1 is 1.50 bits per heavy atom. The van der Waals surface area contributed by atoms with Crippen molar-refractivity contribution < 1.29 is 0 Å². The Morgan fingerprint density at radius 2 is 2.25 bits per heavy atom. The third-order valence-corrected chi connectivity index (χ3v) is 3.01. The van der Waals surface area contributed by atoms with Crippen LogP contribution in [0.15, 0.2) is 12.1 Å². The van der Waals surface area contributed by atoms with E-state index in [1.54, 1.807) is 17.4 Å². The first kappa shape index (κ1) is 7.83. The first-order valence-electron chi connectivity index (χ1n) is 3.49. The maximum Gasteiger partial charge on any atom is 0.129 e. The van der Waals surface area contributed by atoms with Crippen molar-refractivity contribution in [3.8, 4) is 0 Å². The molecule has 2 rings (SSSR count). The average Bonchev–Trinajstić information content (AvgIpc) is 2.31. The summed E-state index contributed by atoms with van der Waals surface area (Å²) >= 11 is 7.38. The number of aromatic nitrogens is 1. The molecule has 0 aromatic carbocycles. The Bertz CT molecular complexity index is 436. The molecule has 62 valence electrons. The maximum atomic E-state index is 5.80. The average molecular weight is 199 g/mol. The molecule has 2 nitrogen and oxygen atoms in total. The molecule has 0 atom stereocenters. The number of hydrogen-bond acceptors (Lipinski definition) is 3. The summed E-state index contributed by atoms with van der Waals surface area (Å²) in [4.78, 5) is 5.24. The molecule has 0 bridgehead atoms. The lowest BCUT2D eigenvalue weighted by atomic mass is 10.3. The quantitative estimate of drug-likeness (QED) is 0.662. The zero-order valence-corrected chi connectivity index (χ0v) is 8.04. The highest BCUT2D eigenvalue weighted by Gasteiger charge is 2.06. The Balaban J connectivity index is 2.88. The van der Waals surface area contributed by atoms with Gasteiger partial charge in [-0.25, -0.2) is 4.98 Å². The monoisotopic (exact) mass is 198 g/mol. The van der Waals surface area contributed by atoms with Gasteiger partial charge in [0.25, 0.3) is 0 Å². The predicted octanol–water partition coefficient (Wildman–Crippen LogP) is 2.84. The third kappa shape index (κ3) is 1.06. The van der Waals surface area contributed by atoms with Gasteiger partial charge >= 0.3 is 0 Å². The van der Waals surface area contributed by atoms with Crippen LogP contribution < -0.4 is 5.73 Å². The molecule has 0 saturated heterocycles. The van der Waals surface area contributed by atoms with Crippen LogP contribution in [0.2, 0.25) is 5.15 Å². The standard InChI is InChI=1S/C8H7ClN2S/c1-4-7(10)8-5(12-4)2-3-6(9)11-8/h2-3H,10H2,1H3. The van der Waals surface area contributed by atoms with Gasteiger partial charge in [0, 0.05) is 4.88 Å². The van der Waals surface area contributed by atoms with Crippen LogP contribution in [0.3, 0.4) is 0 Å². The van der Waals surface area contributed by atoms with Crippen LogP contribution in [0.5, 0.6) is 0 Å². The molecule has 0 aliphatic heterocycles. The minimum atomic E-state index is 0.493. The number of nitrogen functional groups attached to an aromatic ring is 1. The van der Waals surface area contributed by atoms with E-state index >= 15 is 0 Å². The topological polar surface area (TPSA) is 38.9 Å². The summed E-state index contributed by atoms with van der Waals surface area (Å²) in [6, 6.07) is 3.72. The van der Waals surface area contributed by atoms with E-state index in [2.05, 4.69) is 4.98 Å². The minimum absolute atomic E-state index is 0.493. The summed E-state index contributed by atoms with van der Waals surface area (Å²) in [7, 11) is 0. The molecule has 0 radical (unpaired) electrons. The van der Waals surface area contributed by atoms with Gasteiger partial charge in [-0.3, -0.25) is 0 Å². The zero-order valence-electron chi connectivity index (χ0n) is 6.47. The Hall–Kier alpha value is -0.800. The summed E-state index contributed by atoms with van der Waals surface area (Å²) in [5.74, 6) is 0. The molecule has 2 N–H and O–H groups in total. The number of pyridine rings is 1. The van der Waals surface area contributed by atoms with E-state index in [1.165, 1.54) is 0 Å². The molecule has 2 aromatic rings. The number of nitrogens with zero attached hydrogens (tertiary/aromatic N) is 1. The number of aryl methyl sites for hydroxylation is 1. The van der Waals surface area contributed by atoms with Crippen molar-refractivity contribution in [1.29, 1.82) is 0 Å². The number of nitrogens with two attached hydrogens (primary N) is 1. The third-order valence-electron chi connectivity index (χ3n) is 1.72. The summed E-state index contributed by atoms with van der Waals surface area (Å²) in [5.41, 5.74) is 7.37. The lowest BCUT2D eigenvalue weighted by molar-refractivity contribution is 1.42. The van der Waals surface area contributed by atoms with E-state index < -0.39 is 0 Å². The van der Waals surface area contributed by atoms with Gasteiger partial charge in [-0.05, 0) is 19.1 Å². The van der Waals surface area contributed by atoms with Gasteiger partial charge in [-0.15, -0.1) is 11.3 Å². The van der Waals surface area contributed by atoms with Gasteiger partial charge < -0.3 is 5.73 Å². The van der Waals surface area contributed by atoms with E-state index in [0.717, 1.165) is 20.8 Å². The van der Waals surface area contributed by atoms with Crippen LogP contribution in [0.4, 0.5) is 5.69 Å². The molecule has 0 aliphatic rings. The number of rotatable bonds is 0. The highest BCUT2D eigenvalue weighted by atomic mass is 35.5. The first-order valence-corrected chi connectivity index (χ1v) is 4.69. The molecule has 4 heteroatoms. The summed E-state index contributed by atoms with van der Waals surface area (Å²) in [6.45, 7) is 1.98. The SMILES string of the molecule is Cc1sc2ccc(Cl)nc2c1N. The number of thiophene rings is 1. The lowest BCUT2D eigenvalue weighted by Gasteiger charge is -1.91. The van der Waals surface area contributed by atoms with E-state index in [-0.39, 0.29) is 0 Å². The smallest absolute Gasteiger partial charge is 0.129 e. The lowest BCUT2D eigenvalue weighted by Crippen LogP contribution is -1.85. The summed E-state index contributed by atoms with van der Waals surface area (Å²) in [5, 5.41) is 0.493. The second-order valence-corrected chi connectivity index (χ2v) is 4.20. The van der Waals surface area contributed by atoms with Crippen molar-refractivity contribution in [3.63, 3.8) is 0 Å². The highest BCUT2D eigenvalue weighted by molar-refractivity contribution is 7.19. The molecule has 0 amide bonds. The summed E-state index contributed by atoms with van der Waals surface area (Å²) < 4.78 is 1.09. The number of fused-ring (bicyclic) bond motifs is 1. The fourth-order valence-electron chi connectivity index (χ4n) is 1.08. The van der Waals surface area contributed by atoms with Gasteiger partial charge in [0.05, 0.1) is 10.4 Å². The van der Waals surface area contributed by atoms with Crippen LogP contribution in [-0.2, 0) is 0 Å².